The van der Waals surface area contributed by atoms with Crippen LogP contribution in [0.1, 0.15) is 47.0 Å². The number of carbonyl (C=O) groups is 1. The van der Waals surface area contributed by atoms with Gasteiger partial charge < -0.3 is 19.9 Å². The summed E-state index contributed by atoms with van der Waals surface area (Å²) in [4.78, 5) is 21.3. The second kappa shape index (κ2) is 10.2. The van der Waals surface area contributed by atoms with E-state index in [1.807, 2.05) is 4.72 Å². The first-order valence-electron chi connectivity index (χ1n) is 11.0. The van der Waals surface area contributed by atoms with Crippen LogP contribution < -0.4 is 10.0 Å². The van der Waals surface area contributed by atoms with Crippen molar-refractivity contribution >= 4 is 33.5 Å². The Morgan fingerprint density at radius 3 is 2.78 bits per heavy atom. The molecule has 0 saturated heterocycles. The Hall–Kier alpha value is -2.87. The van der Waals surface area contributed by atoms with Crippen LogP contribution >= 0.6 is 11.6 Å². The minimum Gasteiger partial charge on any atom is -0.460 e. The normalized spacial score (nSPS) is 21.8. The Labute approximate surface area is 212 Å². The Kier molecular flexibility index (Phi) is 7.46. The van der Waals surface area contributed by atoms with Gasteiger partial charge in [0.1, 0.15) is 23.9 Å². The molecule has 4 atom stereocenters. The van der Waals surface area contributed by atoms with E-state index in [0.717, 1.165) is 0 Å². The summed E-state index contributed by atoms with van der Waals surface area (Å²) in [6.45, 7) is 1.56. The van der Waals surface area contributed by atoms with E-state index in [-0.39, 0.29) is 30.0 Å². The highest BCUT2D eigenvalue weighted by Crippen LogP contribution is 2.33. The van der Waals surface area contributed by atoms with E-state index in [0.29, 0.717) is 16.1 Å². The highest BCUT2D eigenvalue weighted by Gasteiger charge is 2.37. The summed E-state index contributed by atoms with van der Waals surface area (Å²) in [5.74, 6) is -0.392. The van der Waals surface area contributed by atoms with Crippen LogP contribution in [0.25, 0.3) is 0 Å². The van der Waals surface area contributed by atoms with Crippen molar-refractivity contribution in [3.63, 3.8) is 0 Å². The van der Waals surface area contributed by atoms with Crippen LogP contribution in [0, 0.1) is 0 Å². The fourth-order valence-electron chi connectivity index (χ4n) is 4.01. The van der Waals surface area contributed by atoms with Gasteiger partial charge in [-0.3, -0.25) is 8.98 Å². The molecular formula is C23H25ClN4O7S. The number of hydrogen-bond acceptors (Lipinski definition) is 10. The maximum Gasteiger partial charge on any atom is 0.335 e. The number of benzene rings is 1. The van der Waals surface area contributed by atoms with Crippen LogP contribution in [-0.4, -0.2) is 59.7 Å². The third-order valence-corrected chi connectivity index (χ3v) is 7.28. The van der Waals surface area contributed by atoms with E-state index in [2.05, 4.69) is 15.3 Å². The van der Waals surface area contributed by atoms with Crippen LogP contribution in [-0.2, 0) is 20.1 Å². The molecule has 0 radical (unpaired) electrons. The molecule has 1 aliphatic carbocycles. The van der Waals surface area contributed by atoms with Gasteiger partial charge >= 0.3 is 10.3 Å². The third-order valence-electron chi connectivity index (χ3n) is 6.04. The molecule has 0 spiro atoms. The predicted molar refractivity (Wildman–Crippen MR) is 130 cm³/mol. The number of ketones is 1. The molecule has 1 aliphatic rings. The Morgan fingerprint density at radius 1 is 1.28 bits per heavy atom. The van der Waals surface area contributed by atoms with Crippen molar-refractivity contribution in [1.29, 1.82) is 0 Å². The van der Waals surface area contributed by atoms with Crippen LogP contribution in [0.5, 0.6) is 0 Å². The second-order valence-electron chi connectivity index (χ2n) is 8.57. The van der Waals surface area contributed by atoms with Crippen molar-refractivity contribution in [2.24, 2.45) is 0 Å². The molecule has 1 saturated carbocycles. The summed E-state index contributed by atoms with van der Waals surface area (Å²) in [5.41, 5.74) is -0.493. The van der Waals surface area contributed by atoms with Crippen LogP contribution in [0.4, 0.5) is 5.82 Å². The molecule has 11 nitrogen and oxygen atoms in total. The number of aliphatic hydroxyl groups excluding tert-OH is 1. The molecule has 0 unspecified atom stereocenters. The average Bonchev–Trinajstić information content (AvgIpc) is 3.46. The van der Waals surface area contributed by atoms with Crippen molar-refractivity contribution in [3.05, 3.63) is 76.6 Å². The van der Waals surface area contributed by atoms with E-state index in [1.54, 1.807) is 31.2 Å². The van der Waals surface area contributed by atoms with Gasteiger partial charge in [-0.2, -0.15) is 13.1 Å². The van der Waals surface area contributed by atoms with E-state index < -0.39 is 39.9 Å². The summed E-state index contributed by atoms with van der Waals surface area (Å²) in [6.07, 6.45) is 2.21. The van der Waals surface area contributed by atoms with Crippen molar-refractivity contribution in [1.82, 2.24) is 14.7 Å². The molecule has 4 N–H and O–H groups in total. The number of halogens is 1. The summed E-state index contributed by atoms with van der Waals surface area (Å²) in [7, 11) is -2.77. The number of aliphatic hydroxyl groups is 2. The number of nitrogens with zero attached hydrogens (tertiary/aromatic N) is 2. The fraction of sp³-hybridized carbons (Fsp3) is 0.348. The van der Waals surface area contributed by atoms with E-state index in [1.165, 1.54) is 31.9 Å². The summed E-state index contributed by atoms with van der Waals surface area (Å²) in [6, 6.07) is 7.74. The highest BCUT2D eigenvalue weighted by molar-refractivity contribution is 7.84. The Balaban J connectivity index is 1.52. The van der Waals surface area contributed by atoms with Crippen LogP contribution in [0.15, 0.2) is 53.5 Å². The van der Waals surface area contributed by atoms with Gasteiger partial charge in [0.05, 0.1) is 17.9 Å². The lowest BCUT2D eigenvalue weighted by Crippen LogP contribution is -2.31. The van der Waals surface area contributed by atoms with Gasteiger partial charge in [-0.25, -0.2) is 9.97 Å². The summed E-state index contributed by atoms with van der Waals surface area (Å²) >= 11 is 6.05. The lowest BCUT2D eigenvalue weighted by Gasteiger charge is -2.22. The van der Waals surface area contributed by atoms with E-state index >= 15 is 0 Å². The van der Waals surface area contributed by atoms with Crippen molar-refractivity contribution < 1.29 is 32.0 Å². The third kappa shape index (κ3) is 5.59. The zero-order chi connectivity index (χ0) is 26.1. The van der Waals surface area contributed by atoms with E-state index in [4.69, 9.17) is 20.2 Å². The maximum atomic E-state index is 13.2. The molecule has 0 amide bonds. The molecule has 0 aliphatic heterocycles. The standard InChI is InChI=1S/C23H25ClN4O7S/c1-23(31,13-4-3-5-15(24)6-13)14-7-20(34-11-14)21(30)17-10-26-12-27-22(17)28-16-8-18(29)19(9-16)35-36(32,33)25-2/h3-7,10-12,16,18-19,25,29,31H,8-9H2,1-2H3,(H,26,27,28)/t16-,18+,19-,23-/m1/s1. The van der Waals surface area contributed by atoms with Gasteiger partial charge in [-0.1, -0.05) is 23.7 Å². The Bertz CT molecular complexity index is 1360. The van der Waals surface area contributed by atoms with Crippen molar-refractivity contribution in [3.8, 4) is 0 Å². The molecule has 1 aromatic carbocycles. The SMILES string of the molecule is CNS(=O)(=O)O[C@@H]1C[C@H](Nc2ncncc2C(=O)c2cc([C@](C)(O)c3cccc(Cl)c3)co2)C[C@@H]1O. The van der Waals surface area contributed by atoms with Gasteiger partial charge in [-0.05, 0) is 43.5 Å². The number of aromatic nitrogens is 2. The largest absolute Gasteiger partial charge is 0.460 e. The topological polar surface area (TPSA) is 164 Å². The fourth-order valence-corrected chi connectivity index (χ4v) is 4.83. The molecule has 0 bridgehead atoms. The van der Waals surface area contributed by atoms with Crippen LogP contribution in [0.2, 0.25) is 5.02 Å². The smallest absolute Gasteiger partial charge is 0.335 e. The van der Waals surface area contributed by atoms with Crippen molar-refractivity contribution in [2.45, 2.75) is 43.6 Å². The molecular weight excluding hydrogens is 512 g/mol. The molecule has 3 aromatic rings. The lowest BCUT2D eigenvalue weighted by atomic mass is 9.90. The minimum absolute atomic E-state index is 0.0436. The molecule has 192 valence electrons. The molecule has 2 heterocycles. The number of nitrogens with one attached hydrogen (secondary N) is 2. The molecule has 36 heavy (non-hydrogen) atoms. The lowest BCUT2D eigenvalue weighted by molar-refractivity contribution is 0.0636. The van der Waals surface area contributed by atoms with Gasteiger partial charge in [0.15, 0.2) is 5.76 Å². The van der Waals surface area contributed by atoms with Gasteiger partial charge in [0.25, 0.3) is 0 Å². The van der Waals surface area contributed by atoms with Crippen molar-refractivity contribution in [2.75, 3.05) is 12.4 Å². The van der Waals surface area contributed by atoms with Gasteiger partial charge in [0.2, 0.25) is 5.78 Å². The number of anilines is 1. The van der Waals surface area contributed by atoms with E-state index in [9.17, 15) is 23.4 Å². The molecule has 13 heteroatoms. The number of rotatable bonds is 9. The maximum absolute atomic E-state index is 13.2. The monoisotopic (exact) mass is 536 g/mol. The number of carbonyl (C=O) groups excluding carboxylic acids is 1. The first-order valence-corrected chi connectivity index (χ1v) is 12.8. The molecule has 1 fully saturated rings. The average molecular weight is 537 g/mol. The first-order chi connectivity index (χ1) is 17.0. The zero-order valence-electron chi connectivity index (χ0n) is 19.4. The number of hydrogen-bond donors (Lipinski definition) is 4. The Morgan fingerprint density at radius 2 is 2.06 bits per heavy atom. The van der Waals surface area contributed by atoms with Gasteiger partial charge in [0, 0.05) is 29.9 Å². The van der Waals surface area contributed by atoms with Crippen LogP contribution in [0.3, 0.4) is 0 Å². The highest BCUT2D eigenvalue weighted by atomic mass is 35.5. The predicted octanol–water partition coefficient (Wildman–Crippen LogP) is 1.99. The molecule has 4 rings (SSSR count). The second-order valence-corrected chi connectivity index (χ2v) is 10.5. The summed E-state index contributed by atoms with van der Waals surface area (Å²) < 4.78 is 35.9. The summed E-state index contributed by atoms with van der Waals surface area (Å²) in [5, 5.41) is 24.8. The molecule has 2 aromatic heterocycles. The first kappa shape index (κ1) is 26.2. The quantitative estimate of drug-likeness (QED) is 0.297. The zero-order valence-corrected chi connectivity index (χ0v) is 21.0. The van der Waals surface area contributed by atoms with Gasteiger partial charge in [-0.15, -0.1) is 0 Å². The number of furan rings is 1. The minimum atomic E-state index is -3.98.